The van der Waals surface area contributed by atoms with E-state index >= 15 is 0 Å². The second-order valence-electron chi connectivity index (χ2n) is 10.1. The number of ether oxygens (including phenoxy) is 1. The van der Waals surface area contributed by atoms with Gasteiger partial charge in [0.15, 0.2) is 5.41 Å². The molecule has 0 aromatic heterocycles. The fraction of sp³-hybridized carbons (Fsp3) is 0.548. The number of benzene rings is 2. The van der Waals surface area contributed by atoms with E-state index in [1.54, 1.807) is 0 Å². The van der Waals surface area contributed by atoms with Gasteiger partial charge in [0.05, 0.1) is 6.07 Å². The molecule has 3 rings (SSSR count). The summed E-state index contributed by atoms with van der Waals surface area (Å²) in [5, 5.41) is 9.84. The Hall–Kier alpha value is -2.60. The number of rotatable bonds is 12. The summed E-state index contributed by atoms with van der Waals surface area (Å²) in [7, 11) is 0. The maximum atomic E-state index is 13.0. The first-order valence-electron chi connectivity index (χ1n) is 13.4. The molecular formula is C31H41NO2. The third-order valence-electron chi connectivity index (χ3n) is 7.45. The fourth-order valence-electron chi connectivity index (χ4n) is 5.04. The van der Waals surface area contributed by atoms with E-state index in [1.807, 2.05) is 24.3 Å². The van der Waals surface area contributed by atoms with Gasteiger partial charge < -0.3 is 4.74 Å². The van der Waals surface area contributed by atoms with Gasteiger partial charge in [-0.15, -0.1) is 0 Å². The highest BCUT2D eigenvalue weighted by Gasteiger charge is 2.43. The van der Waals surface area contributed by atoms with Crippen molar-refractivity contribution in [3.05, 3.63) is 54.1 Å². The molecule has 1 saturated carbocycles. The van der Waals surface area contributed by atoms with E-state index in [-0.39, 0.29) is 5.97 Å². The molecule has 1 aliphatic rings. The normalized spacial score (nSPS) is 20.0. The van der Waals surface area contributed by atoms with Gasteiger partial charge >= 0.3 is 5.97 Å². The van der Waals surface area contributed by atoms with Crippen LogP contribution in [0.15, 0.2) is 48.5 Å². The summed E-state index contributed by atoms with van der Waals surface area (Å²) in [6.07, 6.45) is 14.3. The van der Waals surface area contributed by atoms with Gasteiger partial charge in [0.2, 0.25) is 0 Å². The summed E-state index contributed by atoms with van der Waals surface area (Å²) in [6, 6.07) is 18.7. The van der Waals surface area contributed by atoms with Gasteiger partial charge in [-0.2, -0.15) is 5.26 Å². The highest BCUT2D eigenvalue weighted by atomic mass is 16.5. The maximum absolute atomic E-state index is 13.0. The molecule has 1 fully saturated rings. The van der Waals surface area contributed by atoms with Gasteiger partial charge in [0.25, 0.3) is 0 Å². The van der Waals surface area contributed by atoms with E-state index in [2.05, 4.69) is 44.2 Å². The first kappa shape index (κ1) is 26.0. The van der Waals surface area contributed by atoms with Crippen LogP contribution in [0, 0.1) is 22.7 Å². The van der Waals surface area contributed by atoms with Gasteiger partial charge in [-0.3, -0.25) is 0 Å². The topological polar surface area (TPSA) is 50.1 Å². The van der Waals surface area contributed by atoms with Crippen molar-refractivity contribution in [3.63, 3.8) is 0 Å². The minimum Gasteiger partial charge on any atom is -0.425 e. The lowest BCUT2D eigenvalue weighted by Crippen LogP contribution is -2.37. The number of nitriles is 1. The molecule has 182 valence electrons. The molecule has 3 heteroatoms. The van der Waals surface area contributed by atoms with Crippen LogP contribution in [0.25, 0.3) is 11.1 Å². The minimum absolute atomic E-state index is 0.387. The predicted octanol–water partition coefficient (Wildman–Crippen LogP) is 8.66. The lowest BCUT2D eigenvalue weighted by Gasteiger charge is -2.33. The second kappa shape index (κ2) is 13.3. The van der Waals surface area contributed by atoms with Crippen molar-refractivity contribution in [3.8, 4) is 22.9 Å². The van der Waals surface area contributed by atoms with Crippen LogP contribution in [0.4, 0.5) is 0 Å². The molecule has 34 heavy (non-hydrogen) atoms. The molecule has 0 heterocycles. The summed E-state index contributed by atoms with van der Waals surface area (Å²) in [4.78, 5) is 13.0. The van der Waals surface area contributed by atoms with E-state index in [9.17, 15) is 10.1 Å². The minimum atomic E-state index is -0.993. The Morgan fingerprint density at radius 2 is 1.47 bits per heavy atom. The number of nitrogens with zero attached hydrogens (tertiary/aromatic N) is 1. The molecule has 0 bridgehead atoms. The van der Waals surface area contributed by atoms with Gasteiger partial charge in [-0.25, -0.2) is 4.79 Å². The van der Waals surface area contributed by atoms with Crippen molar-refractivity contribution in [2.24, 2.45) is 11.3 Å². The number of unbranched alkanes of at least 4 members (excludes halogenated alkanes) is 5. The van der Waals surface area contributed by atoms with Gasteiger partial charge in [0.1, 0.15) is 5.75 Å². The van der Waals surface area contributed by atoms with Crippen LogP contribution in [0.5, 0.6) is 5.75 Å². The third-order valence-corrected chi connectivity index (χ3v) is 7.45. The van der Waals surface area contributed by atoms with Crippen molar-refractivity contribution >= 4 is 5.97 Å². The largest absolute Gasteiger partial charge is 0.425 e. The van der Waals surface area contributed by atoms with E-state index in [4.69, 9.17) is 4.74 Å². The zero-order valence-corrected chi connectivity index (χ0v) is 21.2. The Morgan fingerprint density at radius 3 is 2.06 bits per heavy atom. The second-order valence-corrected chi connectivity index (χ2v) is 10.1. The average Bonchev–Trinajstić information content (AvgIpc) is 2.88. The fourth-order valence-corrected chi connectivity index (χ4v) is 5.04. The Balaban J connectivity index is 1.53. The quantitative estimate of drug-likeness (QED) is 0.181. The summed E-state index contributed by atoms with van der Waals surface area (Å²) >= 11 is 0. The lowest BCUT2D eigenvalue weighted by atomic mass is 9.70. The summed E-state index contributed by atoms with van der Waals surface area (Å²) in [5.41, 5.74) is 2.64. The molecule has 0 saturated heterocycles. The lowest BCUT2D eigenvalue weighted by molar-refractivity contribution is -0.144. The predicted molar refractivity (Wildman–Crippen MR) is 140 cm³/mol. The van der Waals surface area contributed by atoms with Crippen molar-refractivity contribution in [1.82, 2.24) is 0 Å². The molecule has 0 amide bonds. The zero-order valence-electron chi connectivity index (χ0n) is 21.2. The molecular weight excluding hydrogens is 418 g/mol. The maximum Gasteiger partial charge on any atom is 0.331 e. The van der Waals surface area contributed by atoms with Crippen LogP contribution in [0.2, 0.25) is 0 Å². The molecule has 0 atom stereocenters. The molecule has 0 N–H and O–H groups in total. The molecule has 0 unspecified atom stereocenters. The summed E-state index contributed by atoms with van der Waals surface area (Å²) in [5.74, 6) is 0.769. The number of carbonyl (C=O) groups excluding carboxylic acids is 1. The molecule has 1 aliphatic carbocycles. The third kappa shape index (κ3) is 7.20. The SMILES string of the molecule is CCCCCCc1ccc(-c2ccc(OC(=O)[C@]3(C#N)CC[C@H](CCCCC)CC3)cc2)cc1. The number of carbonyl (C=O) groups is 1. The number of esters is 1. The first-order valence-corrected chi connectivity index (χ1v) is 13.4. The molecule has 2 aromatic rings. The van der Waals surface area contributed by atoms with Gasteiger partial charge in [0, 0.05) is 0 Å². The van der Waals surface area contributed by atoms with Crippen LogP contribution in [-0.4, -0.2) is 5.97 Å². The van der Waals surface area contributed by atoms with Crippen molar-refractivity contribution in [1.29, 1.82) is 5.26 Å². The molecule has 2 aromatic carbocycles. The number of aryl methyl sites for hydroxylation is 1. The highest BCUT2D eigenvalue weighted by molar-refractivity contribution is 5.82. The van der Waals surface area contributed by atoms with Crippen LogP contribution in [-0.2, 0) is 11.2 Å². The van der Waals surface area contributed by atoms with Crippen molar-refractivity contribution in [2.75, 3.05) is 0 Å². The monoisotopic (exact) mass is 459 g/mol. The standard InChI is InChI=1S/C31H41NO2/c1-3-5-7-9-11-25-12-14-27(15-13-25)28-16-18-29(19-17-28)34-30(33)31(24-32)22-20-26(21-23-31)10-8-6-4-2/h12-19,26H,3-11,20-23H2,1-2H3/t26-,31+. The number of hydrogen-bond acceptors (Lipinski definition) is 3. The molecule has 0 radical (unpaired) electrons. The number of hydrogen-bond donors (Lipinski definition) is 0. The van der Waals surface area contributed by atoms with Gasteiger partial charge in [-0.1, -0.05) is 95.2 Å². The zero-order chi connectivity index (χ0) is 24.2. The Morgan fingerprint density at radius 1 is 0.882 bits per heavy atom. The van der Waals surface area contributed by atoms with E-state index in [1.165, 1.54) is 56.9 Å². The van der Waals surface area contributed by atoms with Crippen LogP contribution in [0.1, 0.15) is 96.5 Å². The summed E-state index contributed by atoms with van der Waals surface area (Å²) < 4.78 is 5.69. The van der Waals surface area contributed by atoms with E-state index in [0.717, 1.165) is 30.4 Å². The average molecular weight is 460 g/mol. The molecule has 0 spiro atoms. The smallest absolute Gasteiger partial charge is 0.331 e. The van der Waals surface area contributed by atoms with Crippen molar-refractivity contribution in [2.45, 2.75) is 97.3 Å². The van der Waals surface area contributed by atoms with E-state index in [0.29, 0.717) is 24.5 Å². The Kier molecular flexibility index (Phi) is 10.2. The summed E-state index contributed by atoms with van der Waals surface area (Å²) in [6.45, 7) is 4.46. The molecule has 0 aliphatic heterocycles. The first-order chi connectivity index (χ1) is 16.6. The highest BCUT2D eigenvalue weighted by Crippen LogP contribution is 2.41. The van der Waals surface area contributed by atoms with Gasteiger partial charge in [-0.05, 0) is 73.3 Å². The Bertz CT molecular complexity index is 915. The van der Waals surface area contributed by atoms with E-state index < -0.39 is 5.41 Å². The van der Waals surface area contributed by atoms with Crippen molar-refractivity contribution < 1.29 is 9.53 Å². The van der Waals surface area contributed by atoms with Crippen LogP contribution >= 0.6 is 0 Å². The molecule has 3 nitrogen and oxygen atoms in total. The van der Waals surface area contributed by atoms with Crippen LogP contribution in [0.3, 0.4) is 0 Å². The Labute approximate surface area is 206 Å². The van der Waals surface area contributed by atoms with Crippen LogP contribution < -0.4 is 4.74 Å².